The maximum absolute atomic E-state index is 12.0. The molecule has 1 atom stereocenters. The smallest absolute Gasteiger partial charge is 0.319 e. The van der Waals surface area contributed by atoms with Crippen molar-refractivity contribution in [2.75, 3.05) is 12.4 Å². The summed E-state index contributed by atoms with van der Waals surface area (Å²) < 4.78 is 9.21. The molecule has 0 radical (unpaired) electrons. The SMILES string of the molecule is COC(C)(C)CC(C)NC(=O)Nc1ccc(-c2csnn2)cc1. The van der Waals surface area contributed by atoms with Crippen LogP contribution in [0.4, 0.5) is 10.5 Å². The summed E-state index contributed by atoms with van der Waals surface area (Å²) in [7, 11) is 1.67. The molecule has 0 saturated heterocycles. The molecule has 124 valence electrons. The van der Waals surface area contributed by atoms with Crippen LogP contribution in [0.15, 0.2) is 29.6 Å². The van der Waals surface area contributed by atoms with Crippen molar-refractivity contribution in [3.63, 3.8) is 0 Å². The van der Waals surface area contributed by atoms with E-state index in [1.165, 1.54) is 11.5 Å². The molecule has 0 saturated carbocycles. The summed E-state index contributed by atoms with van der Waals surface area (Å²) in [6.07, 6.45) is 0.729. The Kier molecular flexibility index (Phi) is 5.68. The number of urea groups is 1. The van der Waals surface area contributed by atoms with Crippen molar-refractivity contribution in [3.05, 3.63) is 29.6 Å². The monoisotopic (exact) mass is 334 g/mol. The lowest BCUT2D eigenvalue weighted by Crippen LogP contribution is -2.40. The van der Waals surface area contributed by atoms with Crippen molar-refractivity contribution < 1.29 is 9.53 Å². The van der Waals surface area contributed by atoms with Gasteiger partial charge >= 0.3 is 6.03 Å². The number of anilines is 1. The number of hydrogen-bond acceptors (Lipinski definition) is 5. The van der Waals surface area contributed by atoms with Gasteiger partial charge in [-0.25, -0.2) is 4.79 Å². The van der Waals surface area contributed by atoms with Gasteiger partial charge in [-0.15, -0.1) is 5.10 Å². The van der Waals surface area contributed by atoms with Crippen molar-refractivity contribution in [1.29, 1.82) is 0 Å². The fourth-order valence-corrected chi connectivity index (χ4v) is 2.74. The highest BCUT2D eigenvalue weighted by atomic mass is 32.1. The van der Waals surface area contributed by atoms with Gasteiger partial charge in [-0.05, 0) is 50.9 Å². The van der Waals surface area contributed by atoms with E-state index in [1.807, 2.05) is 50.4 Å². The molecule has 0 spiro atoms. The molecule has 0 bridgehead atoms. The Morgan fingerprint density at radius 1 is 1.35 bits per heavy atom. The molecule has 0 fully saturated rings. The summed E-state index contributed by atoms with van der Waals surface area (Å²) in [5.41, 5.74) is 2.27. The van der Waals surface area contributed by atoms with Crippen LogP contribution in [0.25, 0.3) is 11.3 Å². The van der Waals surface area contributed by atoms with E-state index in [9.17, 15) is 4.79 Å². The van der Waals surface area contributed by atoms with Crippen molar-refractivity contribution in [1.82, 2.24) is 14.9 Å². The molecule has 23 heavy (non-hydrogen) atoms. The van der Waals surface area contributed by atoms with E-state index < -0.39 is 0 Å². The van der Waals surface area contributed by atoms with Crippen molar-refractivity contribution in [3.8, 4) is 11.3 Å². The third-order valence-corrected chi connectivity index (χ3v) is 4.03. The molecule has 2 aromatic rings. The van der Waals surface area contributed by atoms with E-state index in [2.05, 4.69) is 20.2 Å². The molecule has 6 nitrogen and oxygen atoms in total. The number of hydrogen-bond donors (Lipinski definition) is 2. The second-order valence-electron chi connectivity index (χ2n) is 6.03. The summed E-state index contributed by atoms with van der Waals surface area (Å²) in [6.45, 7) is 5.95. The number of methoxy groups -OCH3 is 1. The van der Waals surface area contributed by atoms with E-state index in [1.54, 1.807) is 7.11 Å². The van der Waals surface area contributed by atoms with Crippen LogP contribution < -0.4 is 10.6 Å². The molecule has 1 unspecified atom stereocenters. The zero-order chi connectivity index (χ0) is 16.9. The third-order valence-electron chi connectivity index (χ3n) is 3.53. The quantitative estimate of drug-likeness (QED) is 0.847. The third kappa shape index (κ3) is 5.30. The molecule has 2 amide bonds. The van der Waals surface area contributed by atoms with Crippen LogP contribution >= 0.6 is 11.5 Å². The van der Waals surface area contributed by atoms with E-state index in [-0.39, 0.29) is 17.7 Å². The fourth-order valence-electron chi connectivity index (χ4n) is 2.28. The topological polar surface area (TPSA) is 76.1 Å². The minimum absolute atomic E-state index is 0.00491. The largest absolute Gasteiger partial charge is 0.379 e. The normalized spacial score (nSPS) is 12.7. The molecule has 1 heterocycles. The first kappa shape index (κ1) is 17.4. The van der Waals surface area contributed by atoms with Gasteiger partial charge in [0.15, 0.2) is 0 Å². The number of ether oxygens (including phenoxy) is 1. The van der Waals surface area contributed by atoms with Gasteiger partial charge in [-0.2, -0.15) is 0 Å². The van der Waals surface area contributed by atoms with Gasteiger partial charge in [0.05, 0.1) is 5.60 Å². The van der Waals surface area contributed by atoms with Gasteiger partial charge in [0.2, 0.25) is 0 Å². The Morgan fingerprint density at radius 3 is 2.61 bits per heavy atom. The maximum Gasteiger partial charge on any atom is 0.319 e. The Balaban J connectivity index is 1.88. The van der Waals surface area contributed by atoms with Gasteiger partial charge in [0.25, 0.3) is 0 Å². The predicted octanol–water partition coefficient (Wildman–Crippen LogP) is 3.53. The highest BCUT2D eigenvalue weighted by Crippen LogP contribution is 2.20. The Hall–Kier alpha value is -1.99. The van der Waals surface area contributed by atoms with E-state index >= 15 is 0 Å². The summed E-state index contributed by atoms with van der Waals surface area (Å²) in [6, 6.07) is 7.28. The highest BCUT2D eigenvalue weighted by molar-refractivity contribution is 7.03. The first-order chi connectivity index (χ1) is 10.9. The second-order valence-corrected chi connectivity index (χ2v) is 6.64. The standard InChI is InChI=1S/C16H22N4O2S/c1-11(9-16(2,3)22-4)17-15(21)18-13-7-5-12(6-8-13)14-10-23-20-19-14/h5-8,10-11H,9H2,1-4H3,(H2,17,18,21). The number of carbonyl (C=O) groups excluding carboxylic acids is 1. The summed E-state index contributed by atoms with van der Waals surface area (Å²) in [4.78, 5) is 12.0. The molecule has 7 heteroatoms. The first-order valence-corrected chi connectivity index (χ1v) is 8.23. The lowest BCUT2D eigenvalue weighted by molar-refractivity contribution is 0.00963. The average Bonchev–Trinajstić information content (AvgIpc) is 3.01. The number of rotatable bonds is 6. The number of carbonyl (C=O) groups is 1. The molecule has 2 rings (SSSR count). The molecule has 1 aromatic carbocycles. The lowest BCUT2D eigenvalue weighted by atomic mass is 10.00. The van der Waals surface area contributed by atoms with Gasteiger partial charge in [-0.3, -0.25) is 0 Å². The zero-order valence-electron chi connectivity index (χ0n) is 13.8. The second kappa shape index (κ2) is 7.52. The van der Waals surface area contributed by atoms with Gasteiger partial charge in [0, 0.05) is 29.8 Å². The van der Waals surface area contributed by atoms with Crippen LogP contribution in [-0.4, -0.2) is 34.4 Å². The zero-order valence-corrected chi connectivity index (χ0v) is 14.6. The van der Waals surface area contributed by atoms with Crippen molar-refractivity contribution in [2.24, 2.45) is 0 Å². The molecule has 0 aliphatic rings. The molecule has 2 N–H and O–H groups in total. The van der Waals surface area contributed by atoms with Crippen LogP contribution in [0.1, 0.15) is 27.2 Å². The fraction of sp³-hybridized carbons (Fsp3) is 0.438. The van der Waals surface area contributed by atoms with Crippen LogP contribution in [0.3, 0.4) is 0 Å². The molecular formula is C16H22N4O2S. The van der Waals surface area contributed by atoms with E-state index in [0.717, 1.165) is 23.4 Å². The highest BCUT2D eigenvalue weighted by Gasteiger charge is 2.21. The maximum atomic E-state index is 12.0. The van der Waals surface area contributed by atoms with Crippen LogP contribution in [0.5, 0.6) is 0 Å². The number of benzene rings is 1. The van der Waals surface area contributed by atoms with Gasteiger partial charge in [-0.1, -0.05) is 16.6 Å². The van der Waals surface area contributed by atoms with Crippen molar-refractivity contribution in [2.45, 2.75) is 38.8 Å². The summed E-state index contributed by atoms with van der Waals surface area (Å²) in [5.74, 6) is 0. The van der Waals surface area contributed by atoms with Crippen LogP contribution in [-0.2, 0) is 4.74 Å². The minimum atomic E-state index is -0.268. The summed E-state index contributed by atoms with van der Waals surface area (Å²) in [5, 5.41) is 11.6. The van der Waals surface area contributed by atoms with Gasteiger partial charge < -0.3 is 15.4 Å². The Morgan fingerprint density at radius 2 is 2.04 bits per heavy atom. The Bertz CT molecular complexity index is 626. The molecule has 0 aliphatic heterocycles. The lowest BCUT2D eigenvalue weighted by Gasteiger charge is -2.27. The average molecular weight is 334 g/mol. The minimum Gasteiger partial charge on any atom is -0.379 e. The summed E-state index contributed by atoms with van der Waals surface area (Å²) >= 11 is 1.31. The number of aromatic nitrogens is 2. The van der Waals surface area contributed by atoms with Crippen LogP contribution in [0, 0.1) is 0 Å². The van der Waals surface area contributed by atoms with E-state index in [0.29, 0.717) is 0 Å². The number of nitrogens with zero attached hydrogens (tertiary/aromatic N) is 2. The molecule has 1 aromatic heterocycles. The van der Waals surface area contributed by atoms with E-state index in [4.69, 9.17) is 4.74 Å². The first-order valence-electron chi connectivity index (χ1n) is 7.40. The van der Waals surface area contributed by atoms with Crippen molar-refractivity contribution >= 4 is 23.3 Å². The van der Waals surface area contributed by atoms with Gasteiger partial charge in [0.1, 0.15) is 5.69 Å². The predicted molar refractivity (Wildman–Crippen MR) is 92.7 cm³/mol. The molecule has 0 aliphatic carbocycles. The number of nitrogens with one attached hydrogen (secondary N) is 2. The number of amides is 2. The Labute approximate surface area is 140 Å². The van der Waals surface area contributed by atoms with Crippen LogP contribution in [0.2, 0.25) is 0 Å². The molecular weight excluding hydrogens is 312 g/mol.